The minimum Gasteiger partial charge on any atom is -0.335 e. The Labute approximate surface area is 220 Å². The number of nitrogens with zero attached hydrogens (tertiary/aromatic N) is 5. The van der Waals surface area contributed by atoms with E-state index in [1.807, 2.05) is 37.6 Å². The van der Waals surface area contributed by atoms with Crippen molar-refractivity contribution in [1.82, 2.24) is 35.1 Å². The molecule has 11 heteroatoms. The van der Waals surface area contributed by atoms with E-state index in [9.17, 15) is 4.79 Å². The molecule has 0 saturated heterocycles. The van der Waals surface area contributed by atoms with Gasteiger partial charge in [0.1, 0.15) is 16.9 Å². The Morgan fingerprint density at radius 1 is 1.05 bits per heavy atom. The summed E-state index contributed by atoms with van der Waals surface area (Å²) in [7, 11) is 0. The van der Waals surface area contributed by atoms with Gasteiger partial charge in [-0.05, 0) is 33.9 Å². The monoisotopic (exact) mass is 526 g/mol. The maximum Gasteiger partial charge on any atom is 0.224 e. The first-order valence-electron chi connectivity index (χ1n) is 11.9. The van der Waals surface area contributed by atoms with Crippen molar-refractivity contribution in [3.8, 4) is 33.9 Å². The third kappa shape index (κ3) is 4.41. The molecule has 0 spiro atoms. The minimum atomic E-state index is -0.567. The van der Waals surface area contributed by atoms with Crippen LogP contribution in [0.2, 0.25) is 0 Å². The van der Waals surface area contributed by atoms with E-state index in [0.717, 1.165) is 22.2 Å². The van der Waals surface area contributed by atoms with Crippen LogP contribution in [0.5, 0.6) is 0 Å². The first kappa shape index (κ1) is 23.9. The zero-order chi connectivity index (χ0) is 26.4. The summed E-state index contributed by atoms with van der Waals surface area (Å²) in [6.07, 6.45) is 8.35. The molecular weight excluding hydrogens is 503 g/mol. The summed E-state index contributed by atoms with van der Waals surface area (Å²) in [4.78, 5) is 33.2. The summed E-state index contributed by atoms with van der Waals surface area (Å²) in [5.74, 6) is -0.297. The van der Waals surface area contributed by atoms with Crippen molar-refractivity contribution in [2.24, 2.45) is 5.41 Å². The van der Waals surface area contributed by atoms with Gasteiger partial charge in [-0.1, -0.05) is 20.8 Å². The summed E-state index contributed by atoms with van der Waals surface area (Å²) in [6.45, 7) is 5.96. The van der Waals surface area contributed by atoms with Gasteiger partial charge in [-0.3, -0.25) is 24.8 Å². The molecule has 6 rings (SSSR count). The number of carbonyl (C=O) groups excluding carboxylic acids is 1. The molecule has 0 unspecified atom stereocenters. The summed E-state index contributed by atoms with van der Waals surface area (Å²) < 4.78 is 16.0. The number of aromatic amines is 2. The maximum absolute atomic E-state index is 16.0. The molecule has 0 aliphatic carbocycles. The standard InChI is InChI=1S/C27H23FN8OS/c1-27(2,3)7-20(37)32-16-6-15(8-29-9-16)23-22(28)21-18(12-31-23)35-36-25(21)26-33-19-11-30-10-17(24(19)34-26)14-4-5-38-13-14/h4-6,8-13H,7H2,1-3H3,(H,32,37)(H,33,34)(H,35,36). The highest BCUT2D eigenvalue weighted by atomic mass is 32.1. The van der Waals surface area contributed by atoms with E-state index >= 15 is 4.39 Å². The first-order valence-corrected chi connectivity index (χ1v) is 12.9. The van der Waals surface area contributed by atoms with Gasteiger partial charge in [0.25, 0.3) is 0 Å². The van der Waals surface area contributed by atoms with Crippen molar-refractivity contribution >= 4 is 44.9 Å². The van der Waals surface area contributed by atoms with Crippen LogP contribution < -0.4 is 5.32 Å². The van der Waals surface area contributed by atoms with Gasteiger partial charge in [-0.25, -0.2) is 9.37 Å². The normalized spacial score (nSPS) is 11.9. The van der Waals surface area contributed by atoms with Crippen LogP contribution in [0.4, 0.5) is 10.1 Å². The fourth-order valence-electron chi connectivity index (χ4n) is 4.35. The highest BCUT2D eigenvalue weighted by Gasteiger charge is 2.22. The van der Waals surface area contributed by atoms with Gasteiger partial charge in [-0.15, -0.1) is 0 Å². The van der Waals surface area contributed by atoms with Crippen molar-refractivity contribution in [2.45, 2.75) is 27.2 Å². The van der Waals surface area contributed by atoms with E-state index in [0.29, 0.717) is 34.7 Å². The van der Waals surface area contributed by atoms with E-state index in [4.69, 9.17) is 4.98 Å². The zero-order valence-corrected chi connectivity index (χ0v) is 21.7. The number of hydrogen-bond donors (Lipinski definition) is 3. The van der Waals surface area contributed by atoms with Crippen LogP contribution in [0.15, 0.2) is 53.9 Å². The van der Waals surface area contributed by atoms with Crippen LogP contribution in [0.1, 0.15) is 27.2 Å². The number of fused-ring (bicyclic) bond motifs is 2. The number of hydrogen-bond acceptors (Lipinski definition) is 7. The van der Waals surface area contributed by atoms with Gasteiger partial charge in [0, 0.05) is 29.9 Å². The molecule has 38 heavy (non-hydrogen) atoms. The average Bonchev–Trinajstić information content (AvgIpc) is 3.62. The van der Waals surface area contributed by atoms with E-state index in [1.54, 1.807) is 29.8 Å². The van der Waals surface area contributed by atoms with Gasteiger partial charge in [0.15, 0.2) is 11.6 Å². The summed E-state index contributed by atoms with van der Waals surface area (Å²) in [5, 5.41) is 14.3. The predicted octanol–water partition coefficient (Wildman–Crippen LogP) is 6.20. The predicted molar refractivity (Wildman–Crippen MR) is 146 cm³/mol. The summed E-state index contributed by atoms with van der Waals surface area (Å²) >= 11 is 1.59. The number of thiophene rings is 1. The molecule has 0 radical (unpaired) electrons. The zero-order valence-electron chi connectivity index (χ0n) is 20.8. The number of aromatic nitrogens is 7. The molecule has 1 amide bonds. The van der Waals surface area contributed by atoms with E-state index in [-0.39, 0.29) is 22.4 Å². The van der Waals surface area contributed by atoms with Gasteiger partial charge in [0.05, 0.1) is 40.7 Å². The highest BCUT2D eigenvalue weighted by molar-refractivity contribution is 7.08. The second-order valence-corrected chi connectivity index (χ2v) is 11.0. The molecule has 0 saturated carbocycles. The molecule has 190 valence electrons. The molecule has 6 aromatic rings. The maximum atomic E-state index is 16.0. The molecule has 6 heterocycles. The lowest BCUT2D eigenvalue weighted by atomic mass is 9.92. The third-order valence-electron chi connectivity index (χ3n) is 5.98. The van der Waals surface area contributed by atoms with E-state index in [2.05, 4.69) is 35.5 Å². The topological polar surface area (TPSA) is 125 Å². The number of amides is 1. The number of H-pyrrole nitrogens is 2. The van der Waals surface area contributed by atoms with Crippen LogP contribution in [0, 0.1) is 11.2 Å². The molecular formula is C27H23FN8OS. The average molecular weight is 527 g/mol. The molecule has 3 N–H and O–H groups in total. The Balaban J connectivity index is 1.40. The molecule has 0 aliphatic rings. The first-order chi connectivity index (χ1) is 18.3. The smallest absolute Gasteiger partial charge is 0.224 e. The number of rotatable bonds is 5. The van der Waals surface area contributed by atoms with Crippen molar-refractivity contribution in [2.75, 3.05) is 5.32 Å². The molecule has 0 bridgehead atoms. The van der Waals surface area contributed by atoms with E-state index in [1.165, 1.54) is 18.6 Å². The van der Waals surface area contributed by atoms with Gasteiger partial charge in [-0.2, -0.15) is 16.4 Å². The Morgan fingerprint density at radius 3 is 2.68 bits per heavy atom. The van der Waals surface area contributed by atoms with Crippen molar-refractivity contribution < 1.29 is 9.18 Å². The second-order valence-electron chi connectivity index (χ2n) is 10.2. The largest absolute Gasteiger partial charge is 0.335 e. The Kier molecular flexibility index (Phi) is 5.72. The van der Waals surface area contributed by atoms with Gasteiger partial charge >= 0.3 is 0 Å². The third-order valence-corrected chi connectivity index (χ3v) is 6.66. The SMILES string of the molecule is CC(C)(C)CC(=O)Nc1cncc(-c2ncc3[nH]nc(-c4nc5c(-c6ccsc6)cncc5[nH]4)c3c2F)c1. The summed E-state index contributed by atoms with van der Waals surface area (Å²) in [5.41, 5.74) is 4.92. The number of halogens is 1. The quantitative estimate of drug-likeness (QED) is 0.246. The van der Waals surface area contributed by atoms with Crippen LogP contribution >= 0.6 is 11.3 Å². The lowest BCUT2D eigenvalue weighted by Crippen LogP contribution is -2.19. The van der Waals surface area contributed by atoms with E-state index < -0.39 is 5.82 Å². The molecule has 0 aromatic carbocycles. The molecule has 0 aliphatic heterocycles. The highest BCUT2D eigenvalue weighted by Crippen LogP contribution is 2.35. The number of imidazole rings is 1. The number of nitrogens with one attached hydrogen (secondary N) is 3. The molecule has 6 aromatic heterocycles. The van der Waals surface area contributed by atoms with Crippen LogP contribution in [0.25, 0.3) is 55.8 Å². The molecule has 9 nitrogen and oxygen atoms in total. The van der Waals surface area contributed by atoms with Gasteiger partial charge in [0.2, 0.25) is 5.91 Å². The second kappa shape index (κ2) is 9.10. The lowest BCUT2D eigenvalue weighted by molar-refractivity contribution is -0.117. The van der Waals surface area contributed by atoms with Crippen LogP contribution in [0.3, 0.4) is 0 Å². The van der Waals surface area contributed by atoms with Crippen LogP contribution in [-0.2, 0) is 4.79 Å². The molecule has 0 atom stereocenters. The van der Waals surface area contributed by atoms with Crippen molar-refractivity contribution in [3.63, 3.8) is 0 Å². The van der Waals surface area contributed by atoms with Crippen molar-refractivity contribution in [1.29, 1.82) is 0 Å². The Bertz CT molecular complexity index is 1800. The fourth-order valence-corrected chi connectivity index (χ4v) is 5.00. The van der Waals surface area contributed by atoms with Crippen molar-refractivity contribution in [3.05, 3.63) is 59.7 Å². The summed E-state index contributed by atoms with van der Waals surface area (Å²) in [6, 6.07) is 3.66. The minimum absolute atomic E-state index is 0.0938. The Hall–Kier alpha value is -4.51. The lowest BCUT2D eigenvalue weighted by Gasteiger charge is -2.17. The molecule has 0 fully saturated rings. The number of pyridine rings is 3. The Morgan fingerprint density at radius 2 is 1.89 bits per heavy atom. The van der Waals surface area contributed by atoms with Gasteiger partial charge < -0.3 is 10.3 Å². The number of anilines is 1. The number of carbonyl (C=O) groups is 1. The van der Waals surface area contributed by atoms with Crippen LogP contribution in [-0.4, -0.2) is 41.0 Å². The fraction of sp³-hybridized carbons (Fsp3) is 0.185.